The van der Waals surface area contributed by atoms with Gasteiger partial charge < -0.3 is 21.1 Å². The number of benzene rings is 2. The van der Waals surface area contributed by atoms with E-state index < -0.39 is 0 Å². The highest BCUT2D eigenvalue weighted by atomic mass is 35.5. The van der Waals surface area contributed by atoms with Gasteiger partial charge in [0.25, 0.3) is 0 Å². The fourth-order valence-corrected chi connectivity index (χ4v) is 6.20. The molecule has 0 bridgehead atoms. The van der Waals surface area contributed by atoms with Crippen LogP contribution in [-0.2, 0) is 28.8 Å². The zero-order valence-electron chi connectivity index (χ0n) is 22.7. The highest BCUT2D eigenvalue weighted by Gasteiger charge is 2.30. The molecule has 1 unspecified atom stereocenters. The predicted molar refractivity (Wildman–Crippen MR) is 161 cm³/mol. The lowest BCUT2D eigenvalue weighted by molar-refractivity contribution is -0.152. The second-order valence-electron chi connectivity index (χ2n) is 10.8. The number of hydrogen-bond acceptors (Lipinski definition) is 7. The van der Waals surface area contributed by atoms with Gasteiger partial charge in [-0.3, -0.25) is 4.79 Å². The van der Waals surface area contributed by atoms with E-state index in [2.05, 4.69) is 27.8 Å². The number of nitrogens with two attached hydrogens (primary N) is 1. The molecule has 0 amide bonds. The van der Waals surface area contributed by atoms with Gasteiger partial charge in [0.2, 0.25) is 0 Å². The van der Waals surface area contributed by atoms with Gasteiger partial charge in [0.15, 0.2) is 0 Å². The third-order valence-electron chi connectivity index (χ3n) is 7.89. The number of esters is 1. The molecular weight excluding hydrogens is 545 g/mol. The van der Waals surface area contributed by atoms with Crippen LogP contribution in [0.3, 0.4) is 0 Å². The van der Waals surface area contributed by atoms with E-state index in [1.165, 1.54) is 5.56 Å². The highest BCUT2D eigenvalue weighted by molar-refractivity contribution is 6.36. The first-order valence-electron chi connectivity index (χ1n) is 14.3. The van der Waals surface area contributed by atoms with Gasteiger partial charge in [-0.1, -0.05) is 47.5 Å². The van der Waals surface area contributed by atoms with Crippen molar-refractivity contribution in [3.63, 3.8) is 0 Å². The van der Waals surface area contributed by atoms with Crippen LogP contribution in [0, 0.1) is 0 Å². The maximum absolute atomic E-state index is 12.6. The van der Waals surface area contributed by atoms with Gasteiger partial charge in [0.1, 0.15) is 18.0 Å². The number of piperidine rings is 1. The highest BCUT2D eigenvalue weighted by Crippen LogP contribution is 2.27. The molecule has 2 fully saturated rings. The molecule has 0 spiro atoms. The fourth-order valence-electron chi connectivity index (χ4n) is 5.62. The van der Waals surface area contributed by atoms with Crippen LogP contribution in [0.5, 0.6) is 0 Å². The SMILES string of the molecule is Nc1ncc(-c2cccc(CCNC3CCN[C@@H](C(=O)OC4CCCC4)C3)c2)nc1CCc1c(Cl)cccc1Cl. The van der Waals surface area contributed by atoms with Crippen molar-refractivity contribution in [2.75, 3.05) is 18.8 Å². The van der Waals surface area contributed by atoms with Crippen molar-refractivity contribution in [2.45, 2.75) is 76.0 Å². The summed E-state index contributed by atoms with van der Waals surface area (Å²) in [6.45, 7) is 1.65. The summed E-state index contributed by atoms with van der Waals surface area (Å²) in [5.41, 5.74) is 10.8. The summed E-state index contributed by atoms with van der Waals surface area (Å²) in [7, 11) is 0. The predicted octanol–water partition coefficient (Wildman–Crippen LogP) is 5.56. The van der Waals surface area contributed by atoms with Crippen molar-refractivity contribution in [3.05, 3.63) is 75.5 Å². The Balaban J connectivity index is 1.15. The van der Waals surface area contributed by atoms with Crippen molar-refractivity contribution in [2.24, 2.45) is 0 Å². The third-order valence-corrected chi connectivity index (χ3v) is 8.60. The molecule has 4 N–H and O–H groups in total. The van der Waals surface area contributed by atoms with Crippen molar-refractivity contribution >= 4 is 35.0 Å². The average molecular weight is 583 g/mol. The Kier molecular flexibility index (Phi) is 9.92. The van der Waals surface area contributed by atoms with E-state index in [0.717, 1.165) is 80.6 Å². The molecule has 0 radical (unpaired) electrons. The van der Waals surface area contributed by atoms with E-state index >= 15 is 0 Å². The van der Waals surface area contributed by atoms with Crippen molar-refractivity contribution < 1.29 is 9.53 Å². The second kappa shape index (κ2) is 13.8. The molecule has 2 atom stereocenters. The molecule has 2 aliphatic rings. The minimum absolute atomic E-state index is 0.0926. The first kappa shape index (κ1) is 28.8. The monoisotopic (exact) mass is 581 g/mol. The molecule has 212 valence electrons. The van der Waals surface area contributed by atoms with Crippen LogP contribution in [0.2, 0.25) is 10.0 Å². The van der Waals surface area contributed by atoms with Crippen LogP contribution in [0.4, 0.5) is 5.82 Å². The topological polar surface area (TPSA) is 102 Å². The zero-order chi connectivity index (χ0) is 27.9. The van der Waals surface area contributed by atoms with E-state index in [0.29, 0.717) is 34.7 Å². The Morgan fingerprint density at radius 2 is 1.82 bits per heavy atom. The van der Waals surface area contributed by atoms with Gasteiger partial charge in [-0.05, 0) is 100 Å². The number of aromatic nitrogens is 2. The normalized spacial score (nSPS) is 19.6. The second-order valence-corrected chi connectivity index (χ2v) is 11.6. The van der Waals surface area contributed by atoms with Crippen LogP contribution in [0.15, 0.2) is 48.7 Å². The largest absolute Gasteiger partial charge is 0.461 e. The maximum Gasteiger partial charge on any atom is 0.323 e. The van der Waals surface area contributed by atoms with Crippen molar-refractivity contribution in [1.82, 2.24) is 20.6 Å². The van der Waals surface area contributed by atoms with E-state index in [1.807, 2.05) is 30.3 Å². The third kappa shape index (κ3) is 7.52. The number of aryl methyl sites for hydroxylation is 1. The number of rotatable bonds is 10. The molecule has 7 nitrogen and oxygen atoms in total. The molecule has 1 aliphatic carbocycles. The lowest BCUT2D eigenvalue weighted by atomic mass is 9.99. The minimum atomic E-state index is -0.220. The summed E-state index contributed by atoms with van der Waals surface area (Å²) in [5.74, 6) is 0.324. The smallest absolute Gasteiger partial charge is 0.323 e. The van der Waals surface area contributed by atoms with Gasteiger partial charge in [-0.15, -0.1) is 0 Å². The molecule has 2 aromatic carbocycles. The van der Waals surface area contributed by atoms with Crippen molar-refractivity contribution in [1.29, 1.82) is 0 Å². The van der Waals surface area contributed by atoms with E-state index in [4.69, 9.17) is 38.7 Å². The Labute approximate surface area is 246 Å². The number of anilines is 1. The van der Waals surface area contributed by atoms with E-state index in [1.54, 1.807) is 6.20 Å². The number of hydrogen-bond donors (Lipinski definition) is 3. The Morgan fingerprint density at radius 1 is 1.05 bits per heavy atom. The number of nitrogens with one attached hydrogen (secondary N) is 2. The number of ether oxygens (including phenoxy) is 1. The lowest BCUT2D eigenvalue weighted by Gasteiger charge is -2.30. The number of carbonyl (C=O) groups excluding carboxylic acids is 1. The van der Waals surface area contributed by atoms with Crippen molar-refractivity contribution in [3.8, 4) is 11.3 Å². The Bertz CT molecular complexity index is 1290. The quantitative estimate of drug-likeness (QED) is 0.269. The van der Waals surface area contributed by atoms with Gasteiger partial charge in [0, 0.05) is 21.7 Å². The molecule has 1 saturated carbocycles. The molecule has 1 saturated heterocycles. The fraction of sp³-hybridized carbons (Fsp3) is 0.452. The van der Waals surface area contributed by atoms with Crippen LogP contribution in [-0.4, -0.2) is 47.2 Å². The standard InChI is InChI=1S/C31H37Cl2N5O2/c32-25-9-4-10-26(33)24(25)11-12-27-30(34)37-19-29(38-27)21-6-3-5-20(17-21)13-15-35-22-14-16-36-28(18-22)31(39)40-23-7-1-2-8-23/h3-6,9-10,17,19,22-23,28,35-36H,1-2,7-8,11-16,18H2,(H2,34,37)/t22?,28-/m1/s1. The number of halogens is 2. The first-order valence-corrected chi connectivity index (χ1v) is 15.0. The summed E-state index contributed by atoms with van der Waals surface area (Å²) in [5, 5.41) is 8.27. The molecule has 2 heterocycles. The molecule has 40 heavy (non-hydrogen) atoms. The molecular formula is C31H37Cl2N5O2. The molecule has 3 aromatic rings. The van der Waals surface area contributed by atoms with Crippen LogP contribution in [0.25, 0.3) is 11.3 Å². The average Bonchev–Trinajstić information content (AvgIpc) is 3.47. The van der Waals surface area contributed by atoms with Gasteiger partial charge in [-0.25, -0.2) is 9.97 Å². The summed E-state index contributed by atoms with van der Waals surface area (Å²) in [4.78, 5) is 21.9. The van der Waals surface area contributed by atoms with Crippen LogP contribution < -0.4 is 16.4 Å². The maximum atomic E-state index is 12.6. The summed E-state index contributed by atoms with van der Waals surface area (Å²) in [6, 6.07) is 13.9. The molecule has 5 rings (SSSR count). The van der Waals surface area contributed by atoms with E-state index in [-0.39, 0.29) is 18.1 Å². The summed E-state index contributed by atoms with van der Waals surface area (Å²) in [6.07, 6.45) is 9.99. The Hall–Kier alpha value is -2.71. The van der Waals surface area contributed by atoms with Gasteiger partial charge >= 0.3 is 5.97 Å². The van der Waals surface area contributed by atoms with Crippen LogP contribution in [0.1, 0.15) is 55.3 Å². The summed E-state index contributed by atoms with van der Waals surface area (Å²) >= 11 is 12.7. The lowest BCUT2D eigenvalue weighted by Crippen LogP contribution is -2.50. The van der Waals surface area contributed by atoms with Gasteiger partial charge in [0.05, 0.1) is 17.6 Å². The van der Waals surface area contributed by atoms with E-state index in [9.17, 15) is 4.79 Å². The summed E-state index contributed by atoms with van der Waals surface area (Å²) < 4.78 is 5.73. The number of nitrogen functional groups attached to an aromatic ring is 1. The Morgan fingerprint density at radius 3 is 2.62 bits per heavy atom. The zero-order valence-corrected chi connectivity index (χ0v) is 24.2. The van der Waals surface area contributed by atoms with Gasteiger partial charge in [-0.2, -0.15) is 0 Å². The minimum Gasteiger partial charge on any atom is -0.461 e. The van der Waals surface area contributed by atoms with Crippen LogP contribution >= 0.6 is 23.2 Å². The first-order chi connectivity index (χ1) is 19.5. The number of nitrogens with zero attached hydrogens (tertiary/aromatic N) is 2. The molecule has 9 heteroatoms. The number of carbonyl (C=O) groups is 1. The molecule has 1 aliphatic heterocycles. The molecule has 1 aromatic heterocycles.